The maximum absolute atomic E-state index is 13.1. The van der Waals surface area contributed by atoms with Crippen LogP contribution in [0.5, 0.6) is 5.75 Å². The van der Waals surface area contributed by atoms with Gasteiger partial charge < -0.3 is 19.6 Å². The minimum atomic E-state index is -0.662. The molecule has 1 atom stereocenters. The van der Waals surface area contributed by atoms with Gasteiger partial charge in [-0.25, -0.2) is 0 Å². The predicted octanol–water partition coefficient (Wildman–Crippen LogP) is 4.28. The third-order valence-corrected chi connectivity index (χ3v) is 6.09. The second-order valence-corrected chi connectivity index (χ2v) is 9.85. The number of likely N-dealkylation sites (tertiary alicyclic amines) is 1. The van der Waals surface area contributed by atoms with Crippen molar-refractivity contribution in [3.8, 4) is 5.75 Å². The van der Waals surface area contributed by atoms with E-state index in [9.17, 15) is 14.7 Å². The van der Waals surface area contributed by atoms with Gasteiger partial charge >= 0.3 is 0 Å². The summed E-state index contributed by atoms with van der Waals surface area (Å²) in [6.45, 7) is 9.26. The van der Waals surface area contributed by atoms with Gasteiger partial charge in [-0.2, -0.15) is 0 Å². The number of likely N-dealkylation sites (N-methyl/N-ethyl adjacent to an activating group) is 1. The van der Waals surface area contributed by atoms with E-state index in [1.54, 1.807) is 30.2 Å². The minimum Gasteiger partial charge on any atom is -0.507 e. The van der Waals surface area contributed by atoms with E-state index in [2.05, 4.69) is 20.8 Å². The molecule has 0 radical (unpaired) electrons. The van der Waals surface area contributed by atoms with Crippen LogP contribution in [0.4, 0.5) is 0 Å². The lowest BCUT2D eigenvalue weighted by Gasteiger charge is -2.27. The summed E-state index contributed by atoms with van der Waals surface area (Å²) in [6.07, 6.45) is 0. The number of benzene rings is 2. The van der Waals surface area contributed by atoms with Crippen LogP contribution < -0.4 is 4.74 Å². The number of rotatable bonds is 6. The second kappa shape index (κ2) is 9.40. The molecule has 0 unspecified atom stereocenters. The smallest absolute Gasteiger partial charge is 0.295 e. The number of hydrogen-bond donors (Lipinski definition) is 1. The number of carbonyl (C=O) groups is 2. The van der Waals surface area contributed by atoms with Gasteiger partial charge in [-0.15, -0.1) is 0 Å². The van der Waals surface area contributed by atoms with Crippen LogP contribution in [-0.4, -0.2) is 60.9 Å². The molecule has 0 bridgehead atoms. The molecule has 0 saturated carbocycles. The molecule has 6 heteroatoms. The first-order chi connectivity index (χ1) is 15.5. The molecule has 1 aliphatic rings. The number of aryl methyl sites for hydroxylation is 1. The number of aliphatic hydroxyl groups is 1. The third kappa shape index (κ3) is 4.96. The van der Waals surface area contributed by atoms with Gasteiger partial charge in [0, 0.05) is 18.7 Å². The molecule has 1 saturated heterocycles. The first-order valence-electron chi connectivity index (χ1n) is 11.1. The fourth-order valence-corrected chi connectivity index (χ4v) is 4.11. The Bertz CT molecular complexity index is 1080. The highest BCUT2D eigenvalue weighted by Gasteiger charge is 2.46. The lowest BCUT2D eigenvalue weighted by atomic mass is 9.85. The van der Waals surface area contributed by atoms with E-state index in [0.29, 0.717) is 24.4 Å². The Morgan fingerprint density at radius 2 is 1.73 bits per heavy atom. The zero-order chi connectivity index (χ0) is 24.5. The minimum absolute atomic E-state index is 0.0219. The van der Waals surface area contributed by atoms with Gasteiger partial charge in [-0.3, -0.25) is 9.59 Å². The van der Waals surface area contributed by atoms with Crippen LogP contribution in [0, 0.1) is 6.92 Å². The van der Waals surface area contributed by atoms with Crippen molar-refractivity contribution in [3.63, 3.8) is 0 Å². The largest absolute Gasteiger partial charge is 0.507 e. The monoisotopic (exact) mass is 450 g/mol. The standard InChI is InChI=1S/C27H34N2O4/c1-17-16-19(10-13-21(17)33-7)24(30)22-23(18-8-11-20(12-9-18)27(2,3)4)29(15-14-28(5)6)26(32)25(22)31/h8-13,16,23,30H,14-15H2,1-7H3/b24-22+/t23-/m1/s1. The van der Waals surface area contributed by atoms with E-state index in [4.69, 9.17) is 4.74 Å². The normalized spacial score (nSPS) is 18.3. The van der Waals surface area contributed by atoms with Crippen molar-refractivity contribution in [1.82, 2.24) is 9.80 Å². The van der Waals surface area contributed by atoms with Crippen LogP contribution >= 0.6 is 0 Å². The fourth-order valence-electron chi connectivity index (χ4n) is 4.11. The molecule has 2 aromatic carbocycles. The van der Waals surface area contributed by atoms with Gasteiger partial charge in [0.25, 0.3) is 11.7 Å². The number of methoxy groups -OCH3 is 1. The number of nitrogens with zero attached hydrogens (tertiary/aromatic N) is 2. The SMILES string of the molecule is COc1ccc(/C(O)=C2\C(=O)C(=O)N(CCN(C)C)[C@@H]2c2ccc(C(C)(C)C)cc2)cc1C. The lowest BCUT2D eigenvalue weighted by Crippen LogP contribution is -2.35. The highest BCUT2D eigenvalue weighted by atomic mass is 16.5. The van der Waals surface area contributed by atoms with Crippen molar-refractivity contribution in [1.29, 1.82) is 0 Å². The topological polar surface area (TPSA) is 70.1 Å². The molecule has 0 spiro atoms. The van der Waals surface area contributed by atoms with Crippen molar-refractivity contribution in [2.24, 2.45) is 0 Å². The highest BCUT2D eigenvalue weighted by molar-refractivity contribution is 6.46. The van der Waals surface area contributed by atoms with Gasteiger partial charge in [-0.1, -0.05) is 45.0 Å². The first-order valence-corrected chi connectivity index (χ1v) is 11.1. The summed E-state index contributed by atoms with van der Waals surface area (Å²) in [4.78, 5) is 29.7. The van der Waals surface area contributed by atoms with Crippen molar-refractivity contribution in [2.45, 2.75) is 39.2 Å². The van der Waals surface area contributed by atoms with Crippen LogP contribution in [0.2, 0.25) is 0 Å². The number of carbonyl (C=O) groups excluding carboxylic acids is 2. The number of Topliss-reactive ketones (excluding diaryl/α,β-unsaturated/α-hetero) is 1. The molecule has 33 heavy (non-hydrogen) atoms. The van der Waals surface area contributed by atoms with E-state index in [1.165, 1.54) is 0 Å². The predicted molar refractivity (Wildman–Crippen MR) is 130 cm³/mol. The van der Waals surface area contributed by atoms with Gasteiger partial charge in [0.05, 0.1) is 18.7 Å². The second-order valence-electron chi connectivity index (χ2n) is 9.85. The number of ketones is 1. The Hall–Kier alpha value is -3.12. The number of aliphatic hydroxyl groups excluding tert-OH is 1. The van der Waals surface area contributed by atoms with Gasteiger partial charge in [-0.05, 0) is 61.3 Å². The molecule has 3 rings (SSSR count). The summed E-state index contributed by atoms with van der Waals surface area (Å²) in [5, 5.41) is 11.2. The molecule has 1 amide bonds. The van der Waals surface area contributed by atoms with Crippen LogP contribution in [0.25, 0.3) is 5.76 Å². The van der Waals surface area contributed by atoms with Crippen molar-refractivity contribution in [3.05, 3.63) is 70.3 Å². The molecular weight excluding hydrogens is 416 g/mol. The molecule has 0 aliphatic carbocycles. The highest BCUT2D eigenvalue weighted by Crippen LogP contribution is 2.40. The summed E-state index contributed by atoms with van der Waals surface area (Å²) in [7, 11) is 5.42. The van der Waals surface area contributed by atoms with Crippen molar-refractivity contribution in [2.75, 3.05) is 34.3 Å². The van der Waals surface area contributed by atoms with Crippen LogP contribution in [-0.2, 0) is 15.0 Å². The van der Waals surface area contributed by atoms with E-state index in [1.807, 2.05) is 50.2 Å². The fraction of sp³-hybridized carbons (Fsp3) is 0.407. The molecule has 1 heterocycles. The van der Waals surface area contributed by atoms with Crippen LogP contribution in [0.15, 0.2) is 48.0 Å². The van der Waals surface area contributed by atoms with E-state index < -0.39 is 17.7 Å². The van der Waals surface area contributed by atoms with Crippen molar-refractivity contribution >= 4 is 17.4 Å². The summed E-state index contributed by atoms with van der Waals surface area (Å²) in [6, 6.07) is 12.5. The first kappa shape index (κ1) is 24.5. The number of ether oxygens (including phenoxy) is 1. The molecule has 2 aromatic rings. The summed E-state index contributed by atoms with van der Waals surface area (Å²) in [5.41, 5.74) is 3.36. The Labute approximate surface area is 196 Å². The summed E-state index contributed by atoms with van der Waals surface area (Å²) >= 11 is 0. The maximum atomic E-state index is 13.1. The van der Waals surface area contributed by atoms with Gasteiger partial charge in [0.2, 0.25) is 0 Å². The average molecular weight is 451 g/mol. The number of hydrogen-bond acceptors (Lipinski definition) is 5. The van der Waals surface area contributed by atoms with E-state index >= 15 is 0 Å². The zero-order valence-corrected chi connectivity index (χ0v) is 20.6. The Morgan fingerprint density at radius 3 is 2.24 bits per heavy atom. The van der Waals surface area contributed by atoms with E-state index in [0.717, 1.165) is 16.7 Å². The Balaban J connectivity index is 2.15. The summed E-state index contributed by atoms with van der Waals surface area (Å²) in [5.74, 6) is -0.734. The maximum Gasteiger partial charge on any atom is 0.295 e. The molecule has 1 aliphatic heterocycles. The zero-order valence-electron chi connectivity index (χ0n) is 20.6. The van der Waals surface area contributed by atoms with Gasteiger partial charge in [0.1, 0.15) is 11.5 Å². The van der Waals surface area contributed by atoms with Crippen LogP contribution in [0.3, 0.4) is 0 Å². The van der Waals surface area contributed by atoms with E-state index in [-0.39, 0.29) is 16.7 Å². The number of amides is 1. The third-order valence-electron chi connectivity index (χ3n) is 6.09. The molecule has 176 valence electrons. The molecule has 1 N–H and O–H groups in total. The Morgan fingerprint density at radius 1 is 1.09 bits per heavy atom. The molecule has 0 aromatic heterocycles. The quantitative estimate of drug-likeness (QED) is 0.404. The Kier molecular flexibility index (Phi) is 6.98. The van der Waals surface area contributed by atoms with Crippen molar-refractivity contribution < 1.29 is 19.4 Å². The molecular formula is C27H34N2O4. The average Bonchev–Trinajstić information content (AvgIpc) is 3.01. The van der Waals surface area contributed by atoms with Gasteiger partial charge in [0.15, 0.2) is 0 Å². The molecule has 6 nitrogen and oxygen atoms in total. The molecule has 1 fully saturated rings. The summed E-state index contributed by atoms with van der Waals surface area (Å²) < 4.78 is 5.31. The lowest BCUT2D eigenvalue weighted by molar-refractivity contribution is -0.140. The van der Waals surface area contributed by atoms with Crippen LogP contribution in [0.1, 0.15) is 49.1 Å².